The topological polar surface area (TPSA) is 104 Å². The fourth-order valence-electron chi connectivity index (χ4n) is 4.31. The first-order chi connectivity index (χ1) is 18.1. The molecule has 192 valence electrons. The van der Waals surface area contributed by atoms with Crippen molar-refractivity contribution in [3.05, 3.63) is 93.7 Å². The molecule has 12 heteroatoms. The van der Waals surface area contributed by atoms with Gasteiger partial charge < -0.3 is 10.2 Å². The van der Waals surface area contributed by atoms with E-state index in [1.807, 2.05) is 13.0 Å². The van der Waals surface area contributed by atoms with E-state index in [-0.39, 0.29) is 23.7 Å². The average Bonchev–Trinajstić information content (AvgIpc) is 3.53. The van der Waals surface area contributed by atoms with Crippen LogP contribution in [0.2, 0.25) is 0 Å². The molecule has 0 unspecified atom stereocenters. The second kappa shape index (κ2) is 9.75. The maximum atomic E-state index is 13.6. The molecule has 2 amide bonds. The Balaban J connectivity index is 1.35. The Bertz CT molecular complexity index is 1570. The number of carbonyl (C=O) groups is 2. The van der Waals surface area contributed by atoms with E-state index in [9.17, 15) is 22.8 Å². The third-order valence-corrected chi connectivity index (χ3v) is 6.94. The second-order valence-electron chi connectivity index (χ2n) is 8.78. The third-order valence-electron chi connectivity index (χ3n) is 6.07. The van der Waals surface area contributed by atoms with Crippen LogP contribution in [-0.2, 0) is 19.1 Å². The number of nitrogens with zero attached hydrogens (tertiary/aromatic N) is 5. The molecule has 1 N–H and O–H groups in total. The molecule has 0 saturated heterocycles. The number of benzene rings is 2. The molecular weight excluding hydrogens is 517 g/mol. The molecule has 1 aliphatic heterocycles. The van der Waals surface area contributed by atoms with E-state index in [0.717, 1.165) is 11.6 Å². The molecule has 1 atom stereocenters. The van der Waals surface area contributed by atoms with Crippen molar-refractivity contribution >= 4 is 34.7 Å². The number of carbonyl (C=O) groups excluding carboxylic acids is 2. The standard InChI is InChI=1S/C26H19F3N6O2S/c1-15-14-34-23(21(13-31-34)24(36)32-18-4-2-3-17(10-18)12-30)25(37)35(15)20-7-5-16(6-8-20)9-19-11-22(38-33-19)26(27,28)29/h2-8,10-11,13,15H,9,14H2,1H3,(H,32,36)/t15-/m0/s1. The van der Waals surface area contributed by atoms with Crippen LogP contribution in [0.1, 0.15) is 49.5 Å². The molecule has 0 radical (unpaired) electrons. The number of aromatic nitrogens is 3. The highest BCUT2D eigenvalue weighted by Crippen LogP contribution is 2.33. The summed E-state index contributed by atoms with van der Waals surface area (Å²) in [5.41, 5.74) is 2.70. The van der Waals surface area contributed by atoms with E-state index in [2.05, 4.69) is 14.8 Å². The molecule has 3 heterocycles. The molecule has 2 aromatic carbocycles. The zero-order valence-corrected chi connectivity index (χ0v) is 20.7. The zero-order valence-electron chi connectivity index (χ0n) is 19.9. The summed E-state index contributed by atoms with van der Waals surface area (Å²) in [5.74, 6) is -0.930. The molecule has 0 fully saturated rings. The van der Waals surface area contributed by atoms with E-state index < -0.39 is 22.9 Å². The van der Waals surface area contributed by atoms with E-state index in [4.69, 9.17) is 5.26 Å². The summed E-state index contributed by atoms with van der Waals surface area (Å²) in [4.78, 5) is 27.4. The normalized spacial score (nSPS) is 15.2. The minimum absolute atomic E-state index is 0.106. The van der Waals surface area contributed by atoms with E-state index >= 15 is 0 Å². The van der Waals surface area contributed by atoms with Crippen molar-refractivity contribution in [1.82, 2.24) is 14.2 Å². The zero-order chi connectivity index (χ0) is 27.0. The summed E-state index contributed by atoms with van der Waals surface area (Å²) in [5, 5.41) is 16.0. The van der Waals surface area contributed by atoms with Gasteiger partial charge in [-0.2, -0.15) is 27.9 Å². The van der Waals surface area contributed by atoms with Crippen molar-refractivity contribution < 1.29 is 22.8 Å². The number of nitriles is 1. The smallest absolute Gasteiger partial charge is 0.322 e. The van der Waals surface area contributed by atoms with Gasteiger partial charge >= 0.3 is 6.18 Å². The maximum Gasteiger partial charge on any atom is 0.427 e. The lowest BCUT2D eigenvalue weighted by atomic mass is 10.1. The Morgan fingerprint density at radius 2 is 1.97 bits per heavy atom. The first-order valence-electron chi connectivity index (χ1n) is 11.5. The number of hydrogen-bond donors (Lipinski definition) is 1. The van der Waals surface area contributed by atoms with Gasteiger partial charge in [0.05, 0.1) is 41.7 Å². The van der Waals surface area contributed by atoms with Gasteiger partial charge in [0, 0.05) is 17.8 Å². The molecule has 0 bridgehead atoms. The number of alkyl halides is 3. The van der Waals surface area contributed by atoms with Crippen LogP contribution >= 0.6 is 11.5 Å². The second-order valence-corrected chi connectivity index (χ2v) is 9.59. The van der Waals surface area contributed by atoms with Gasteiger partial charge in [-0.3, -0.25) is 14.3 Å². The molecule has 5 rings (SSSR count). The number of rotatable bonds is 5. The number of hydrogen-bond acceptors (Lipinski definition) is 6. The van der Waals surface area contributed by atoms with Gasteiger partial charge in [-0.15, -0.1) is 0 Å². The van der Waals surface area contributed by atoms with Gasteiger partial charge in [-0.25, -0.2) is 0 Å². The average molecular weight is 537 g/mol. The quantitative estimate of drug-likeness (QED) is 0.381. The van der Waals surface area contributed by atoms with Crippen LogP contribution in [0.3, 0.4) is 0 Å². The molecule has 2 aromatic heterocycles. The number of amides is 2. The number of halogens is 3. The first kappa shape index (κ1) is 25.2. The molecule has 0 aliphatic carbocycles. The summed E-state index contributed by atoms with van der Waals surface area (Å²) in [7, 11) is 0. The van der Waals surface area contributed by atoms with Crippen molar-refractivity contribution in [2.45, 2.75) is 32.1 Å². The largest absolute Gasteiger partial charge is 0.427 e. The summed E-state index contributed by atoms with van der Waals surface area (Å²) >= 11 is 0.419. The van der Waals surface area contributed by atoms with Crippen LogP contribution < -0.4 is 10.2 Å². The van der Waals surface area contributed by atoms with Gasteiger partial charge in [0.1, 0.15) is 10.6 Å². The summed E-state index contributed by atoms with van der Waals surface area (Å²) in [6.45, 7) is 2.22. The number of nitrogens with one attached hydrogen (secondary N) is 1. The monoisotopic (exact) mass is 536 g/mol. The first-order valence-corrected chi connectivity index (χ1v) is 12.2. The highest BCUT2D eigenvalue weighted by Gasteiger charge is 2.36. The Morgan fingerprint density at radius 1 is 1.21 bits per heavy atom. The molecule has 0 spiro atoms. The van der Waals surface area contributed by atoms with Crippen LogP contribution in [0.15, 0.2) is 60.8 Å². The lowest BCUT2D eigenvalue weighted by Gasteiger charge is -2.34. The lowest BCUT2D eigenvalue weighted by molar-refractivity contribution is -0.134. The minimum atomic E-state index is -4.42. The SMILES string of the molecule is C[C@H]1Cn2ncc(C(=O)Nc3cccc(C#N)c3)c2C(=O)N1c1ccc(Cc2cc(C(F)(F)F)sn2)cc1. The third kappa shape index (κ3) is 4.88. The maximum absolute atomic E-state index is 13.6. The van der Waals surface area contributed by atoms with Gasteiger partial charge in [0.25, 0.3) is 11.8 Å². The van der Waals surface area contributed by atoms with Crippen molar-refractivity contribution in [1.29, 1.82) is 5.26 Å². The number of fused-ring (bicyclic) bond motifs is 1. The van der Waals surface area contributed by atoms with Crippen molar-refractivity contribution in [3.63, 3.8) is 0 Å². The summed E-state index contributed by atoms with van der Waals surface area (Å²) < 4.78 is 44.0. The van der Waals surface area contributed by atoms with E-state index in [0.29, 0.717) is 40.7 Å². The molecule has 0 saturated carbocycles. The van der Waals surface area contributed by atoms with Crippen molar-refractivity contribution in [2.75, 3.05) is 10.2 Å². The van der Waals surface area contributed by atoms with Crippen molar-refractivity contribution in [3.8, 4) is 6.07 Å². The fraction of sp³-hybridized carbons (Fsp3) is 0.192. The minimum Gasteiger partial charge on any atom is -0.322 e. The molecule has 1 aliphatic rings. The Labute approximate surface area is 219 Å². The summed E-state index contributed by atoms with van der Waals surface area (Å²) in [6, 6.07) is 16.1. The highest BCUT2D eigenvalue weighted by molar-refractivity contribution is 7.05. The molecule has 38 heavy (non-hydrogen) atoms. The van der Waals surface area contributed by atoms with Crippen LogP contribution in [0.4, 0.5) is 24.5 Å². The molecule has 8 nitrogen and oxygen atoms in total. The number of anilines is 2. The van der Waals surface area contributed by atoms with Crippen molar-refractivity contribution in [2.24, 2.45) is 0 Å². The van der Waals surface area contributed by atoms with E-state index in [1.54, 1.807) is 47.4 Å². The highest BCUT2D eigenvalue weighted by atomic mass is 32.1. The fourth-order valence-corrected chi connectivity index (χ4v) is 4.94. The van der Waals surface area contributed by atoms with Crippen LogP contribution in [0, 0.1) is 11.3 Å². The Hall–Kier alpha value is -4.50. The van der Waals surface area contributed by atoms with E-state index in [1.165, 1.54) is 16.9 Å². The van der Waals surface area contributed by atoms with Gasteiger partial charge in [0.15, 0.2) is 0 Å². The predicted octanol–water partition coefficient (Wildman–Crippen LogP) is 5.12. The van der Waals surface area contributed by atoms with Crippen LogP contribution in [0.5, 0.6) is 0 Å². The van der Waals surface area contributed by atoms with Gasteiger partial charge in [0.2, 0.25) is 0 Å². The van der Waals surface area contributed by atoms with Gasteiger partial charge in [-0.1, -0.05) is 18.2 Å². The molecule has 4 aromatic rings. The Kier molecular flexibility index (Phi) is 6.46. The molecular formula is C26H19F3N6O2S. The van der Waals surface area contributed by atoms with Crippen LogP contribution in [0.25, 0.3) is 0 Å². The lowest BCUT2D eigenvalue weighted by Crippen LogP contribution is -2.47. The van der Waals surface area contributed by atoms with Crippen LogP contribution in [-0.4, -0.2) is 32.0 Å². The summed E-state index contributed by atoms with van der Waals surface area (Å²) in [6.07, 6.45) is -2.85. The Morgan fingerprint density at radius 3 is 2.66 bits per heavy atom. The predicted molar refractivity (Wildman–Crippen MR) is 134 cm³/mol. The van der Waals surface area contributed by atoms with Gasteiger partial charge in [-0.05, 0) is 60.4 Å².